The van der Waals surface area contributed by atoms with Gasteiger partial charge in [-0.3, -0.25) is 4.79 Å². The number of hydrogen-bond donors (Lipinski definition) is 0. The average Bonchev–Trinajstić information content (AvgIpc) is 3.29. The minimum absolute atomic E-state index is 0.00385. The van der Waals surface area contributed by atoms with Gasteiger partial charge in [-0.25, -0.2) is 0 Å². The number of carbonyl (C=O) groups is 1. The van der Waals surface area contributed by atoms with Crippen LogP contribution >= 0.6 is 11.6 Å². The largest absolute Gasteiger partial charge is 0.465 e. The number of carbonyl (C=O) groups excluding carboxylic acids is 1. The van der Waals surface area contributed by atoms with Crippen LogP contribution in [0.4, 0.5) is 13.2 Å². The first-order valence-electron chi connectivity index (χ1n) is 7.85. The molecule has 1 saturated carbocycles. The van der Waals surface area contributed by atoms with Crippen molar-refractivity contribution >= 4 is 17.6 Å². The van der Waals surface area contributed by atoms with Gasteiger partial charge in [0.1, 0.15) is 10.8 Å². The van der Waals surface area contributed by atoms with E-state index in [1.807, 2.05) is 0 Å². The number of ether oxygens (including phenoxy) is 1. The molecule has 1 fully saturated rings. The van der Waals surface area contributed by atoms with E-state index in [0.29, 0.717) is 0 Å². The molecule has 0 spiro atoms. The summed E-state index contributed by atoms with van der Waals surface area (Å²) in [6, 6.07) is 13.5. The molecule has 2 atom stereocenters. The van der Waals surface area contributed by atoms with Crippen LogP contribution in [0, 0.1) is 0 Å². The minimum Gasteiger partial charge on any atom is -0.465 e. The van der Waals surface area contributed by atoms with E-state index in [0.717, 1.165) is 0 Å². The van der Waals surface area contributed by atoms with Crippen molar-refractivity contribution in [3.63, 3.8) is 0 Å². The lowest BCUT2D eigenvalue weighted by Crippen LogP contribution is -2.41. The van der Waals surface area contributed by atoms with Crippen LogP contribution in [0.25, 0.3) is 0 Å². The van der Waals surface area contributed by atoms with Gasteiger partial charge in [-0.2, -0.15) is 13.2 Å². The number of benzene rings is 2. The van der Waals surface area contributed by atoms with Crippen LogP contribution in [0.15, 0.2) is 54.6 Å². The second-order valence-electron chi connectivity index (χ2n) is 6.08. The second-order valence-corrected chi connectivity index (χ2v) is 6.52. The van der Waals surface area contributed by atoms with E-state index in [1.165, 1.54) is 36.4 Å². The molecule has 0 aromatic heterocycles. The number of rotatable bonds is 4. The summed E-state index contributed by atoms with van der Waals surface area (Å²) in [7, 11) is 0. The normalized spacial score (nSPS) is 25.5. The topological polar surface area (TPSA) is 26.3 Å². The zero-order valence-corrected chi connectivity index (χ0v) is 14.2. The number of alkyl halides is 3. The summed E-state index contributed by atoms with van der Waals surface area (Å²) in [4.78, 5) is 12.7. The molecule has 1 aliphatic rings. The van der Waals surface area contributed by atoms with Crippen molar-refractivity contribution in [2.24, 2.45) is 0 Å². The highest BCUT2D eigenvalue weighted by atomic mass is 35.5. The SMILES string of the molecule is CCOC(=O)[C@]1(c2cccc(Cl)c2)C[C@]1(c1ccccc1)C(F)(F)F. The smallest absolute Gasteiger partial charge is 0.399 e. The quantitative estimate of drug-likeness (QED) is 0.706. The van der Waals surface area contributed by atoms with Crippen molar-refractivity contribution in [2.75, 3.05) is 6.61 Å². The summed E-state index contributed by atoms with van der Waals surface area (Å²) in [6.07, 6.45) is -5.02. The van der Waals surface area contributed by atoms with Crippen LogP contribution in [0.3, 0.4) is 0 Å². The monoisotopic (exact) mass is 368 g/mol. The highest BCUT2D eigenvalue weighted by Crippen LogP contribution is 2.72. The van der Waals surface area contributed by atoms with E-state index < -0.39 is 29.4 Å². The molecule has 132 valence electrons. The van der Waals surface area contributed by atoms with E-state index in [1.54, 1.807) is 25.1 Å². The van der Waals surface area contributed by atoms with Crippen LogP contribution in [-0.2, 0) is 20.4 Å². The van der Waals surface area contributed by atoms with Crippen LogP contribution in [-0.4, -0.2) is 18.8 Å². The molecule has 3 rings (SSSR count). The molecule has 2 aromatic rings. The van der Waals surface area contributed by atoms with Crippen LogP contribution in [0.5, 0.6) is 0 Å². The van der Waals surface area contributed by atoms with Gasteiger partial charge in [0.15, 0.2) is 0 Å². The molecule has 0 bridgehead atoms. The molecule has 0 aliphatic heterocycles. The molecule has 0 N–H and O–H groups in total. The number of halogens is 4. The van der Waals surface area contributed by atoms with Gasteiger partial charge < -0.3 is 4.74 Å². The van der Waals surface area contributed by atoms with Gasteiger partial charge >= 0.3 is 12.1 Å². The summed E-state index contributed by atoms with van der Waals surface area (Å²) in [6.45, 7) is 1.58. The van der Waals surface area contributed by atoms with Gasteiger partial charge in [-0.1, -0.05) is 54.1 Å². The summed E-state index contributed by atoms with van der Waals surface area (Å²) in [5.74, 6) is -0.876. The maximum absolute atomic E-state index is 14.2. The number of esters is 1. The molecule has 2 nitrogen and oxygen atoms in total. The summed E-state index contributed by atoms with van der Waals surface area (Å²) in [5, 5.41) is 0.275. The zero-order valence-electron chi connectivity index (χ0n) is 13.4. The summed E-state index contributed by atoms with van der Waals surface area (Å²) in [5.41, 5.74) is -3.87. The predicted molar refractivity (Wildman–Crippen MR) is 88.6 cm³/mol. The molecule has 0 radical (unpaired) electrons. The van der Waals surface area contributed by atoms with Crippen molar-refractivity contribution < 1.29 is 22.7 Å². The fourth-order valence-corrected chi connectivity index (χ4v) is 3.84. The molecule has 2 aromatic carbocycles. The minimum atomic E-state index is -4.62. The van der Waals surface area contributed by atoms with Crippen LogP contribution in [0.1, 0.15) is 24.5 Å². The molecular formula is C19H16ClF3O2. The third kappa shape index (κ3) is 2.53. The van der Waals surface area contributed by atoms with Crippen LogP contribution < -0.4 is 0 Å². The van der Waals surface area contributed by atoms with Gasteiger partial charge in [0.25, 0.3) is 0 Å². The first-order chi connectivity index (χ1) is 11.8. The fraction of sp³-hybridized carbons (Fsp3) is 0.316. The van der Waals surface area contributed by atoms with E-state index >= 15 is 0 Å². The van der Waals surface area contributed by atoms with E-state index in [4.69, 9.17) is 16.3 Å². The summed E-state index contributed by atoms with van der Waals surface area (Å²) >= 11 is 5.98. The molecule has 0 amide bonds. The Kier molecular flexibility index (Phi) is 4.31. The molecule has 0 unspecified atom stereocenters. The van der Waals surface area contributed by atoms with E-state index in [2.05, 4.69) is 0 Å². The third-order valence-corrected chi connectivity index (χ3v) is 5.06. The first-order valence-corrected chi connectivity index (χ1v) is 8.23. The average molecular weight is 369 g/mol. The Bertz CT molecular complexity index is 791. The van der Waals surface area contributed by atoms with Gasteiger partial charge in [-0.15, -0.1) is 0 Å². The lowest BCUT2D eigenvalue weighted by molar-refractivity contribution is -0.175. The van der Waals surface area contributed by atoms with Crippen LogP contribution in [0.2, 0.25) is 5.02 Å². The van der Waals surface area contributed by atoms with Gasteiger partial charge in [-0.05, 0) is 36.6 Å². The molecule has 1 aliphatic carbocycles. The zero-order chi connectivity index (χ0) is 18.3. The molecule has 6 heteroatoms. The maximum Gasteiger partial charge on any atom is 0.399 e. The van der Waals surface area contributed by atoms with Crippen molar-refractivity contribution in [3.05, 3.63) is 70.7 Å². The molecule has 0 saturated heterocycles. The lowest BCUT2D eigenvalue weighted by atomic mass is 9.81. The Hall–Kier alpha value is -2.01. The van der Waals surface area contributed by atoms with Gasteiger partial charge in [0.05, 0.1) is 6.61 Å². The molecule has 0 heterocycles. The van der Waals surface area contributed by atoms with Gasteiger partial charge in [0, 0.05) is 5.02 Å². The van der Waals surface area contributed by atoms with Crippen molar-refractivity contribution in [3.8, 4) is 0 Å². The highest BCUT2D eigenvalue weighted by Gasteiger charge is 2.85. The van der Waals surface area contributed by atoms with Crippen molar-refractivity contribution in [1.82, 2.24) is 0 Å². The predicted octanol–water partition coefficient (Wildman–Crippen LogP) is 5.04. The maximum atomic E-state index is 14.2. The van der Waals surface area contributed by atoms with E-state index in [-0.39, 0.29) is 22.8 Å². The highest BCUT2D eigenvalue weighted by molar-refractivity contribution is 6.30. The molecule has 25 heavy (non-hydrogen) atoms. The third-order valence-electron chi connectivity index (χ3n) is 4.83. The van der Waals surface area contributed by atoms with Crippen molar-refractivity contribution in [1.29, 1.82) is 0 Å². The van der Waals surface area contributed by atoms with Crippen molar-refractivity contribution in [2.45, 2.75) is 30.4 Å². The summed E-state index contributed by atoms with van der Waals surface area (Å²) < 4.78 is 47.7. The Morgan fingerprint density at radius 1 is 1.12 bits per heavy atom. The first kappa shape index (κ1) is 17.8. The fourth-order valence-electron chi connectivity index (χ4n) is 3.65. The van der Waals surface area contributed by atoms with Gasteiger partial charge in [0.2, 0.25) is 0 Å². The standard InChI is InChI=1S/C19H16ClF3O2/c1-2-25-16(24)17(14-9-6-10-15(20)11-14)12-18(17,19(21,22)23)13-7-4-3-5-8-13/h3-11H,2,12H2,1H3/t17-,18-/m1/s1. The molecular weight excluding hydrogens is 353 g/mol. The Morgan fingerprint density at radius 3 is 2.32 bits per heavy atom. The Morgan fingerprint density at radius 2 is 1.76 bits per heavy atom. The lowest BCUT2D eigenvalue weighted by Gasteiger charge is -2.28. The van der Waals surface area contributed by atoms with E-state index in [9.17, 15) is 18.0 Å². The Labute approximate surface area is 148 Å². The number of hydrogen-bond acceptors (Lipinski definition) is 2. The second kappa shape index (κ2) is 6.06. The Balaban J connectivity index is 2.25.